The predicted octanol–water partition coefficient (Wildman–Crippen LogP) is 3.16. The van der Waals surface area contributed by atoms with Gasteiger partial charge in [-0.25, -0.2) is 4.79 Å². The highest BCUT2D eigenvalue weighted by Crippen LogP contribution is 2.30. The Bertz CT molecular complexity index is 553. The first-order valence-electron chi connectivity index (χ1n) is 4.64. The van der Waals surface area contributed by atoms with Crippen molar-refractivity contribution in [2.45, 2.75) is 6.92 Å². The van der Waals surface area contributed by atoms with E-state index < -0.39 is 5.97 Å². The van der Waals surface area contributed by atoms with Crippen LogP contribution in [0, 0.1) is 0 Å². The first-order chi connectivity index (χ1) is 7.65. The van der Waals surface area contributed by atoms with Crippen LogP contribution in [-0.4, -0.2) is 22.5 Å². The van der Waals surface area contributed by atoms with Gasteiger partial charge in [-0.3, -0.25) is 4.98 Å². The van der Waals surface area contributed by atoms with E-state index in [1.54, 1.807) is 19.2 Å². The van der Waals surface area contributed by atoms with Crippen LogP contribution in [0.5, 0.6) is 0 Å². The summed E-state index contributed by atoms with van der Waals surface area (Å²) in [5.74, 6) is -0.427. The zero-order chi connectivity index (χ0) is 11.7. The number of carbonyl (C=O) groups is 1. The van der Waals surface area contributed by atoms with Crippen LogP contribution < -0.4 is 0 Å². The number of rotatable bonds is 2. The lowest BCUT2D eigenvalue weighted by Gasteiger charge is -1.98. The van der Waals surface area contributed by atoms with Crippen LogP contribution in [0.4, 0.5) is 0 Å². The molecule has 2 rings (SSSR count). The van der Waals surface area contributed by atoms with Gasteiger partial charge >= 0.3 is 5.97 Å². The normalized spacial score (nSPS) is 10.7. The van der Waals surface area contributed by atoms with Gasteiger partial charge in [0.1, 0.15) is 11.2 Å². The Morgan fingerprint density at radius 1 is 1.69 bits per heavy atom. The molecule has 0 aliphatic heterocycles. The van der Waals surface area contributed by atoms with Crippen molar-refractivity contribution in [2.24, 2.45) is 0 Å². The molecule has 0 atom stereocenters. The summed E-state index contributed by atoms with van der Waals surface area (Å²) in [7, 11) is 0. The maximum absolute atomic E-state index is 11.6. The number of nitrogens with one attached hydrogen (secondary N) is 1. The number of hydrogen-bond acceptors (Lipinski definition) is 3. The molecule has 0 aromatic carbocycles. The van der Waals surface area contributed by atoms with Crippen molar-refractivity contribution in [3.8, 4) is 0 Å². The Kier molecular flexibility index (Phi) is 3.16. The fourth-order valence-corrected chi connectivity index (χ4v) is 2.12. The van der Waals surface area contributed by atoms with E-state index in [9.17, 15) is 4.79 Å². The molecule has 0 bridgehead atoms. The molecule has 0 saturated carbocycles. The van der Waals surface area contributed by atoms with Crippen molar-refractivity contribution in [3.05, 3.63) is 27.5 Å². The fourth-order valence-electron chi connectivity index (χ4n) is 1.37. The van der Waals surface area contributed by atoms with Crippen molar-refractivity contribution in [3.63, 3.8) is 0 Å². The number of aromatic amines is 1. The number of aromatic nitrogens is 2. The molecule has 0 aliphatic carbocycles. The van der Waals surface area contributed by atoms with Crippen LogP contribution in [0.25, 0.3) is 11.0 Å². The van der Waals surface area contributed by atoms with Crippen LogP contribution >= 0.6 is 27.5 Å². The molecule has 0 spiro atoms. The molecule has 4 nitrogen and oxygen atoms in total. The van der Waals surface area contributed by atoms with Gasteiger partial charge in [0, 0.05) is 6.20 Å². The second kappa shape index (κ2) is 4.43. The number of halogens is 2. The van der Waals surface area contributed by atoms with Gasteiger partial charge in [0.15, 0.2) is 0 Å². The smallest absolute Gasteiger partial charge is 0.356 e. The van der Waals surface area contributed by atoms with Gasteiger partial charge in [-0.2, -0.15) is 0 Å². The maximum atomic E-state index is 11.6. The Balaban J connectivity index is 2.60. The summed E-state index contributed by atoms with van der Waals surface area (Å²) in [6, 6.07) is 1.65. The van der Waals surface area contributed by atoms with Crippen molar-refractivity contribution in [2.75, 3.05) is 6.61 Å². The number of H-pyrrole nitrogens is 1. The molecular weight excluding hydrogens is 295 g/mol. The summed E-state index contributed by atoms with van der Waals surface area (Å²) < 4.78 is 5.48. The molecule has 6 heteroatoms. The average molecular weight is 304 g/mol. The summed E-state index contributed by atoms with van der Waals surface area (Å²) in [6.45, 7) is 2.07. The van der Waals surface area contributed by atoms with Gasteiger partial charge < -0.3 is 9.72 Å². The number of hydrogen-bond donors (Lipinski definition) is 1. The van der Waals surface area contributed by atoms with Crippen LogP contribution in [0.1, 0.15) is 17.4 Å². The second-order valence-corrected chi connectivity index (χ2v) is 4.25. The van der Waals surface area contributed by atoms with Crippen LogP contribution in [0.3, 0.4) is 0 Å². The molecule has 84 valence electrons. The summed E-state index contributed by atoms with van der Waals surface area (Å²) in [6.07, 6.45) is 1.58. The van der Waals surface area contributed by atoms with Gasteiger partial charge in [-0.1, -0.05) is 11.6 Å². The SMILES string of the molecule is CCOC(=O)c1[nH]c2c(Cl)ccnc2c1Br. The van der Waals surface area contributed by atoms with Crippen LogP contribution in [0.15, 0.2) is 16.7 Å². The van der Waals surface area contributed by atoms with E-state index in [0.717, 1.165) is 0 Å². The minimum atomic E-state index is -0.427. The molecule has 0 radical (unpaired) electrons. The summed E-state index contributed by atoms with van der Waals surface area (Å²) in [5.41, 5.74) is 1.58. The first kappa shape index (κ1) is 11.4. The molecule has 1 N–H and O–H groups in total. The Morgan fingerprint density at radius 3 is 3.06 bits per heavy atom. The van der Waals surface area contributed by atoms with Gasteiger partial charge in [0.25, 0.3) is 0 Å². The highest BCUT2D eigenvalue weighted by Gasteiger charge is 2.18. The van der Waals surface area contributed by atoms with E-state index in [1.807, 2.05) is 0 Å². The van der Waals surface area contributed by atoms with Gasteiger partial charge in [-0.05, 0) is 28.9 Å². The van der Waals surface area contributed by atoms with Crippen LogP contribution in [0.2, 0.25) is 5.02 Å². The van der Waals surface area contributed by atoms with Crippen molar-refractivity contribution in [1.29, 1.82) is 0 Å². The monoisotopic (exact) mass is 302 g/mol. The highest BCUT2D eigenvalue weighted by atomic mass is 79.9. The Labute approximate surface area is 105 Å². The van der Waals surface area contributed by atoms with E-state index in [4.69, 9.17) is 16.3 Å². The zero-order valence-corrected chi connectivity index (χ0v) is 10.7. The predicted molar refractivity (Wildman–Crippen MR) is 64.8 cm³/mol. The molecular formula is C10H8BrClN2O2. The highest BCUT2D eigenvalue weighted by molar-refractivity contribution is 9.10. The molecule has 0 saturated heterocycles. The zero-order valence-electron chi connectivity index (χ0n) is 8.38. The topological polar surface area (TPSA) is 55.0 Å². The number of fused-ring (bicyclic) bond motifs is 1. The van der Waals surface area contributed by atoms with E-state index in [1.165, 1.54) is 0 Å². The van der Waals surface area contributed by atoms with Gasteiger partial charge in [-0.15, -0.1) is 0 Å². The molecule has 16 heavy (non-hydrogen) atoms. The number of pyridine rings is 1. The van der Waals surface area contributed by atoms with Crippen LogP contribution in [-0.2, 0) is 4.74 Å². The summed E-state index contributed by atoms with van der Waals surface area (Å²) >= 11 is 9.28. The van der Waals surface area contributed by atoms with E-state index in [2.05, 4.69) is 25.9 Å². The maximum Gasteiger partial charge on any atom is 0.356 e. The van der Waals surface area contributed by atoms with Crippen molar-refractivity contribution >= 4 is 44.5 Å². The van der Waals surface area contributed by atoms with Crippen molar-refractivity contribution in [1.82, 2.24) is 9.97 Å². The second-order valence-electron chi connectivity index (χ2n) is 3.05. The van der Waals surface area contributed by atoms with Gasteiger partial charge in [0.2, 0.25) is 0 Å². The van der Waals surface area contributed by atoms with E-state index in [-0.39, 0.29) is 0 Å². The van der Waals surface area contributed by atoms with E-state index in [0.29, 0.717) is 32.8 Å². The number of nitrogens with zero attached hydrogens (tertiary/aromatic N) is 1. The Morgan fingerprint density at radius 2 is 2.44 bits per heavy atom. The van der Waals surface area contributed by atoms with Crippen molar-refractivity contribution < 1.29 is 9.53 Å². The molecule has 0 aliphatic rings. The first-order valence-corrected chi connectivity index (χ1v) is 5.81. The molecule has 0 amide bonds. The quantitative estimate of drug-likeness (QED) is 0.867. The molecule has 2 aromatic heterocycles. The third-order valence-corrected chi connectivity index (χ3v) is 3.14. The lowest BCUT2D eigenvalue weighted by Crippen LogP contribution is -2.05. The summed E-state index contributed by atoms with van der Waals surface area (Å²) in [5, 5.41) is 0.515. The third kappa shape index (κ3) is 1.81. The lowest BCUT2D eigenvalue weighted by atomic mass is 10.4. The molecule has 0 unspecified atom stereocenters. The minimum Gasteiger partial charge on any atom is -0.461 e. The standard InChI is InChI=1S/C10H8BrClN2O2/c1-2-16-10(15)9-6(11)8-7(14-9)5(12)3-4-13-8/h3-4,14H,2H2,1H3. The van der Waals surface area contributed by atoms with Gasteiger partial charge in [0.05, 0.1) is 21.6 Å². The third-order valence-electron chi connectivity index (χ3n) is 2.06. The fraction of sp³-hybridized carbons (Fsp3) is 0.200. The number of ether oxygens (including phenoxy) is 1. The molecule has 0 fully saturated rings. The van der Waals surface area contributed by atoms with E-state index >= 15 is 0 Å². The molecule has 2 heterocycles. The lowest BCUT2D eigenvalue weighted by molar-refractivity contribution is 0.0519. The number of esters is 1. The Hall–Kier alpha value is -1.07. The number of carbonyl (C=O) groups excluding carboxylic acids is 1. The minimum absolute atomic E-state index is 0.321. The largest absolute Gasteiger partial charge is 0.461 e. The summed E-state index contributed by atoms with van der Waals surface area (Å²) in [4.78, 5) is 18.6. The average Bonchev–Trinajstić information content (AvgIpc) is 2.59. The molecule has 2 aromatic rings.